The summed E-state index contributed by atoms with van der Waals surface area (Å²) in [7, 11) is 1.85. The lowest BCUT2D eigenvalue weighted by Gasteiger charge is -2.23. The van der Waals surface area contributed by atoms with E-state index >= 15 is 0 Å². The van der Waals surface area contributed by atoms with Gasteiger partial charge in [-0.25, -0.2) is 4.98 Å². The van der Waals surface area contributed by atoms with Crippen LogP contribution in [0.15, 0.2) is 12.1 Å². The van der Waals surface area contributed by atoms with Gasteiger partial charge in [0.1, 0.15) is 5.82 Å². The maximum absolute atomic E-state index is 10.9. The van der Waals surface area contributed by atoms with Gasteiger partial charge < -0.3 is 31.1 Å². The van der Waals surface area contributed by atoms with Gasteiger partial charge in [0.15, 0.2) is 5.82 Å². The molecule has 0 radical (unpaired) electrons. The van der Waals surface area contributed by atoms with Crippen LogP contribution in [-0.4, -0.2) is 66.5 Å². The third kappa shape index (κ3) is 3.77. The first-order valence-electron chi connectivity index (χ1n) is 7.21. The molecule has 1 amide bonds. The van der Waals surface area contributed by atoms with Crippen LogP contribution in [0.5, 0.6) is 0 Å². The number of nitrogens with zero attached hydrogens (tertiary/aromatic N) is 3. The molecule has 1 aliphatic rings. The van der Waals surface area contributed by atoms with Crippen molar-refractivity contribution in [3.8, 4) is 0 Å². The Balaban J connectivity index is 2.08. The predicted octanol–water partition coefficient (Wildman–Crippen LogP) is -1.22. The number of nitrogens with two attached hydrogens (primary N) is 1. The number of pyridine rings is 1. The monoisotopic (exact) mass is 309 g/mol. The average Bonchev–Trinajstić information content (AvgIpc) is 2.78. The molecule has 2 heterocycles. The maximum atomic E-state index is 10.9. The normalized spacial score (nSPS) is 21.0. The first kappa shape index (κ1) is 16.3. The highest BCUT2D eigenvalue weighted by Crippen LogP contribution is 2.26. The van der Waals surface area contributed by atoms with E-state index in [1.54, 1.807) is 12.1 Å². The zero-order valence-corrected chi connectivity index (χ0v) is 12.9. The Kier molecular flexibility index (Phi) is 5.04. The van der Waals surface area contributed by atoms with Crippen molar-refractivity contribution in [1.82, 2.24) is 10.3 Å². The molecule has 0 aliphatic carbocycles. The van der Waals surface area contributed by atoms with E-state index in [1.165, 1.54) is 6.92 Å². The number of hydrogen-bond donors (Lipinski definition) is 4. The molecule has 2 unspecified atom stereocenters. The molecule has 122 valence electrons. The third-order valence-electron chi connectivity index (χ3n) is 3.66. The molecule has 5 N–H and O–H groups in total. The van der Waals surface area contributed by atoms with E-state index in [2.05, 4.69) is 10.3 Å². The standard InChI is InChI=1S/C14H23N5O3/c1-9(20)16-5-6-18(2)14-10(15)3-4-13(17-14)19-7-11(21)12(22)8-19/h3-4,11-12,21-22H,5-8,15H2,1-2H3,(H,16,20). The molecule has 1 aliphatic heterocycles. The Labute approximate surface area is 129 Å². The zero-order chi connectivity index (χ0) is 16.3. The number of nitrogens with one attached hydrogen (secondary N) is 1. The number of β-amino-alcohol motifs (C(OH)–C–C–N with tert-alkyl or cyclic N) is 2. The number of aromatic nitrogens is 1. The fourth-order valence-electron chi connectivity index (χ4n) is 2.39. The first-order chi connectivity index (χ1) is 10.4. The van der Waals surface area contributed by atoms with Gasteiger partial charge in [-0.05, 0) is 12.1 Å². The van der Waals surface area contributed by atoms with Gasteiger partial charge in [0, 0.05) is 40.2 Å². The second-order valence-electron chi connectivity index (χ2n) is 5.53. The summed E-state index contributed by atoms with van der Waals surface area (Å²) in [5.41, 5.74) is 6.50. The summed E-state index contributed by atoms with van der Waals surface area (Å²) in [5, 5.41) is 22.0. The van der Waals surface area contributed by atoms with Crippen molar-refractivity contribution in [3.63, 3.8) is 0 Å². The van der Waals surface area contributed by atoms with Crippen molar-refractivity contribution >= 4 is 23.2 Å². The van der Waals surface area contributed by atoms with Crippen LogP contribution < -0.4 is 20.9 Å². The Morgan fingerprint density at radius 1 is 1.45 bits per heavy atom. The van der Waals surface area contributed by atoms with Gasteiger partial charge in [-0.3, -0.25) is 4.79 Å². The number of rotatable bonds is 5. The fourth-order valence-corrected chi connectivity index (χ4v) is 2.39. The highest BCUT2D eigenvalue weighted by atomic mass is 16.3. The smallest absolute Gasteiger partial charge is 0.216 e. The Morgan fingerprint density at radius 3 is 2.68 bits per heavy atom. The minimum absolute atomic E-state index is 0.0804. The molecular formula is C14H23N5O3. The highest BCUT2D eigenvalue weighted by Gasteiger charge is 2.30. The van der Waals surface area contributed by atoms with Crippen LogP contribution in [-0.2, 0) is 4.79 Å². The fraction of sp³-hybridized carbons (Fsp3) is 0.571. The molecule has 1 aromatic rings. The zero-order valence-electron chi connectivity index (χ0n) is 12.9. The lowest BCUT2D eigenvalue weighted by atomic mass is 10.3. The van der Waals surface area contributed by atoms with Crippen molar-refractivity contribution in [3.05, 3.63) is 12.1 Å². The van der Waals surface area contributed by atoms with Crippen molar-refractivity contribution in [2.75, 3.05) is 48.8 Å². The molecule has 0 saturated carbocycles. The molecule has 1 saturated heterocycles. The lowest BCUT2D eigenvalue weighted by molar-refractivity contribution is -0.118. The number of carbonyl (C=O) groups excluding carboxylic acids is 1. The second kappa shape index (κ2) is 6.80. The van der Waals surface area contributed by atoms with Crippen molar-refractivity contribution in [1.29, 1.82) is 0 Å². The molecule has 2 rings (SSSR count). The molecule has 2 atom stereocenters. The van der Waals surface area contributed by atoms with Crippen LogP contribution in [0.1, 0.15) is 6.92 Å². The number of likely N-dealkylation sites (N-methyl/N-ethyl adjacent to an activating group) is 1. The van der Waals surface area contributed by atoms with Gasteiger partial charge in [-0.15, -0.1) is 0 Å². The minimum Gasteiger partial charge on any atom is -0.396 e. The van der Waals surface area contributed by atoms with Gasteiger partial charge in [0.25, 0.3) is 0 Å². The average molecular weight is 309 g/mol. The highest BCUT2D eigenvalue weighted by molar-refractivity contribution is 5.73. The number of hydrogen-bond acceptors (Lipinski definition) is 7. The molecule has 8 heteroatoms. The molecule has 0 aromatic carbocycles. The minimum atomic E-state index is -0.764. The van der Waals surface area contributed by atoms with E-state index in [0.29, 0.717) is 43.5 Å². The summed E-state index contributed by atoms with van der Waals surface area (Å²) < 4.78 is 0. The predicted molar refractivity (Wildman–Crippen MR) is 84.8 cm³/mol. The molecule has 22 heavy (non-hydrogen) atoms. The van der Waals surface area contributed by atoms with Crippen LogP contribution >= 0.6 is 0 Å². The molecule has 8 nitrogen and oxygen atoms in total. The summed E-state index contributed by atoms with van der Waals surface area (Å²) >= 11 is 0. The summed E-state index contributed by atoms with van der Waals surface area (Å²) in [5.74, 6) is 1.19. The Hall–Kier alpha value is -2.06. The second-order valence-corrected chi connectivity index (χ2v) is 5.53. The number of anilines is 3. The molecule has 0 bridgehead atoms. The van der Waals surface area contributed by atoms with E-state index in [9.17, 15) is 15.0 Å². The summed E-state index contributed by atoms with van der Waals surface area (Å²) in [6.45, 7) is 3.22. The van der Waals surface area contributed by atoms with Gasteiger partial charge in [-0.1, -0.05) is 0 Å². The number of carbonyl (C=O) groups is 1. The van der Waals surface area contributed by atoms with Gasteiger partial charge in [0.2, 0.25) is 5.91 Å². The van der Waals surface area contributed by atoms with E-state index in [-0.39, 0.29) is 5.91 Å². The molecule has 1 aromatic heterocycles. The van der Waals surface area contributed by atoms with Crippen molar-refractivity contribution in [2.45, 2.75) is 19.1 Å². The van der Waals surface area contributed by atoms with E-state index in [1.807, 2.05) is 16.8 Å². The van der Waals surface area contributed by atoms with Gasteiger partial charge in [0.05, 0.1) is 17.9 Å². The van der Waals surface area contributed by atoms with E-state index in [4.69, 9.17) is 5.73 Å². The lowest BCUT2D eigenvalue weighted by Crippen LogP contribution is -2.32. The molecule has 0 spiro atoms. The van der Waals surface area contributed by atoms with Crippen molar-refractivity contribution in [2.24, 2.45) is 0 Å². The number of amides is 1. The number of aliphatic hydroxyl groups excluding tert-OH is 2. The topological polar surface area (TPSA) is 115 Å². The van der Waals surface area contributed by atoms with Crippen LogP contribution in [0.3, 0.4) is 0 Å². The third-order valence-corrected chi connectivity index (χ3v) is 3.66. The first-order valence-corrected chi connectivity index (χ1v) is 7.21. The number of aliphatic hydroxyl groups is 2. The van der Waals surface area contributed by atoms with Crippen LogP contribution in [0, 0.1) is 0 Å². The SMILES string of the molecule is CC(=O)NCCN(C)c1nc(N2CC(O)C(O)C2)ccc1N. The molecular weight excluding hydrogens is 286 g/mol. The Morgan fingerprint density at radius 2 is 2.09 bits per heavy atom. The van der Waals surface area contributed by atoms with Gasteiger partial charge >= 0.3 is 0 Å². The summed E-state index contributed by atoms with van der Waals surface area (Å²) in [4.78, 5) is 19.1. The maximum Gasteiger partial charge on any atom is 0.216 e. The Bertz CT molecular complexity index is 529. The molecule has 1 fully saturated rings. The number of nitrogen functional groups attached to an aromatic ring is 1. The largest absolute Gasteiger partial charge is 0.396 e. The van der Waals surface area contributed by atoms with Crippen LogP contribution in [0.2, 0.25) is 0 Å². The van der Waals surface area contributed by atoms with E-state index in [0.717, 1.165) is 0 Å². The summed E-state index contributed by atoms with van der Waals surface area (Å²) in [6.07, 6.45) is -1.53. The van der Waals surface area contributed by atoms with E-state index < -0.39 is 12.2 Å². The van der Waals surface area contributed by atoms with Gasteiger partial charge in [-0.2, -0.15) is 0 Å². The van der Waals surface area contributed by atoms with Crippen LogP contribution in [0.4, 0.5) is 17.3 Å². The quantitative estimate of drug-likeness (QED) is 0.539. The van der Waals surface area contributed by atoms with Crippen molar-refractivity contribution < 1.29 is 15.0 Å². The van der Waals surface area contributed by atoms with Crippen LogP contribution in [0.25, 0.3) is 0 Å². The summed E-state index contributed by atoms with van der Waals surface area (Å²) in [6, 6.07) is 3.52.